The normalized spacial score (nSPS) is 10.6. The Labute approximate surface area is 71.9 Å². The lowest BCUT2D eigenvalue weighted by Crippen LogP contribution is -2.12. The molecule has 4 heteroatoms. The van der Waals surface area contributed by atoms with Crippen LogP contribution in [0.25, 0.3) is 11.0 Å². The third-order valence-corrected chi connectivity index (χ3v) is 2.58. The number of benzene rings is 1. The van der Waals surface area contributed by atoms with Crippen LogP contribution in [0.5, 0.6) is 0 Å². The first-order chi connectivity index (χ1) is 5.40. The Morgan fingerprint density at radius 3 is 2.91 bits per heavy atom. The third-order valence-electron chi connectivity index (χ3n) is 1.50. The molecule has 0 amide bonds. The SMILES string of the molecule is S[Si]c1nc2ccccc2[nH]1. The van der Waals surface area contributed by atoms with Gasteiger partial charge in [0, 0.05) is 0 Å². The van der Waals surface area contributed by atoms with Crippen LogP contribution in [0.15, 0.2) is 24.3 Å². The fourth-order valence-electron chi connectivity index (χ4n) is 1.01. The van der Waals surface area contributed by atoms with E-state index < -0.39 is 0 Å². The molecule has 0 atom stereocenters. The standard InChI is InChI=1S/C7H6N2SSi/c10-11-7-8-5-3-1-2-4-6(5)9-7/h1-4,10H,(H,8,9). The quantitative estimate of drug-likeness (QED) is 0.489. The minimum atomic E-state index is 0.441. The second-order valence-corrected chi connectivity index (χ2v) is 3.58. The number of nitrogens with one attached hydrogen (secondary N) is 1. The summed E-state index contributed by atoms with van der Waals surface area (Å²) >= 11 is 4.15. The van der Waals surface area contributed by atoms with Gasteiger partial charge in [0.2, 0.25) is 8.67 Å². The lowest BCUT2D eigenvalue weighted by atomic mass is 10.3. The van der Waals surface area contributed by atoms with Crippen molar-refractivity contribution in [1.29, 1.82) is 0 Å². The zero-order valence-electron chi connectivity index (χ0n) is 5.70. The van der Waals surface area contributed by atoms with Gasteiger partial charge in [-0.3, -0.25) is 0 Å². The van der Waals surface area contributed by atoms with E-state index in [-0.39, 0.29) is 0 Å². The van der Waals surface area contributed by atoms with Crippen molar-refractivity contribution < 1.29 is 0 Å². The van der Waals surface area contributed by atoms with Gasteiger partial charge in [-0.25, -0.2) is 4.98 Å². The van der Waals surface area contributed by atoms with Gasteiger partial charge >= 0.3 is 0 Å². The highest BCUT2D eigenvalue weighted by molar-refractivity contribution is 8.08. The summed E-state index contributed by atoms with van der Waals surface area (Å²) in [4.78, 5) is 7.48. The van der Waals surface area contributed by atoms with Crippen LogP contribution in [0.4, 0.5) is 0 Å². The molecule has 54 valence electrons. The highest BCUT2D eigenvalue weighted by Crippen LogP contribution is 2.04. The van der Waals surface area contributed by atoms with Crippen LogP contribution in [0.1, 0.15) is 0 Å². The van der Waals surface area contributed by atoms with Crippen LogP contribution in [-0.2, 0) is 0 Å². The number of H-pyrrole nitrogens is 1. The van der Waals surface area contributed by atoms with E-state index in [1.165, 1.54) is 0 Å². The third kappa shape index (κ3) is 1.19. The van der Waals surface area contributed by atoms with E-state index in [4.69, 9.17) is 0 Å². The molecule has 0 bridgehead atoms. The van der Waals surface area contributed by atoms with Crippen LogP contribution < -0.4 is 5.45 Å². The van der Waals surface area contributed by atoms with Crippen LogP contribution >= 0.6 is 12.1 Å². The van der Waals surface area contributed by atoms with E-state index in [2.05, 4.69) is 22.0 Å². The summed E-state index contributed by atoms with van der Waals surface area (Å²) in [5.74, 6) is 0. The van der Waals surface area contributed by atoms with Crippen molar-refractivity contribution in [2.24, 2.45) is 0 Å². The molecular formula is C7H6N2SSi. The van der Waals surface area contributed by atoms with E-state index in [9.17, 15) is 0 Å². The lowest BCUT2D eigenvalue weighted by Gasteiger charge is -1.81. The molecule has 0 aliphatic rings. The van der Waals surface area contributed by atoms with Crippen molar-refractivity contribution in [3.05, 3.63) is 24.3 Å². The average Bonchev–Trinajstić information content (AvgIpc) is 2.46. The summed E-state index contributed by atoms with van der Waals surface area (Å²) < 4.78 is 0. The molecule has 2 aromatic rings. The molecule has 2 radical (unpaired) electrons. The molecule has 0 fully saturated rings. The smallest absolute Gasteiger partial charge is 0.207 e. The maximum atomic E-state index is 4.31. The number of hydrogen-bond donors (Lipinski definition) is 2. The Morgan fingerprint density at radius 1 is 1.36 bits per heavy atom. The maximum absolute atomic E-state index is 4.31. The molecule has 1 heterocycles. The summed E-state index contributed by atoms with van der Waals surface area (Å²) in [6, 6.07) is 7.98. The molecule has 0 spiro atoms. The van der Waals surface area contributed by atoms with E-state index in [0.717, 1.165) is 16.5 Å². The highest BCUT2D eigenvalue weighted by atomic mass is 32.3. The van der Waals surface area contributed by atoms with Gasteiger partial charge in [-0.15, -0.1) is 0 Å². The van der Waals surface area contributed by atoms with Crippen molar-refractivity contribution in [3.63, 3.8) is 0 Å². The lowest BCUT2D eigenvalue weighted by molar-refractivity contribution is 1.44. The van der Waals surface area contributed by atoms with Crippen molar-refractivity contribution >= 4 is 37.2 Å². The van der Waals surface area contributed by atoms with Crippen LogP contribution in [0.3, 0.4) is 0 Å². The first kappa shape index (κ1) is 6.94. The van der Waals surface area contributed by atoms with Gasteiger partial charge in [0.25, 0.3) is 0 Å². The molecule has 1 aromatic heterocycles. The zero-order chi connectivity index (χ0) is 7.68. The number of thiol groups is 1. The summed E-state index contributed by atoms with van der Waals surface area (Å²) in [5.41, 5.74) is 3.06. The second-order valence-electron chi connectivity index (χ2n) is 2.21. The highest BCUT2D eigenvalue weighted by Gasteiger charge is 1.98. The van der Waals surface area contributed by atoms with Gasteiger partial charge in [0.15, 0.2) is 0 Å². The maximum Gasteiger partial charge on any atom is 0.207 e. The largest absolute Gasteiger partial charge is 0.346 e. The Hall–Kier alpha value is -0.743. The Bertz CT molecular complexity index is 338. The molecule has 2 rings (SSSR count). The monoisotopic (exact) mass is 178 g/mol. The number of nitrogens with zero attached hydrogens (tertiary/aromatic N) is 1. The molecule has 11 heavy (non-hydrogen) atoms. The summed E-state index contributed by atoms with van der Waals surface area (Å²) in [6.07, 6.45) is 0. The van der Waals surface area contributed by atoms with E-state index >= 15 is 0 Å². The number of rotatable bonds is 1. The molecule has 0 aliphatic carbocycles. The minimum Gasteiger partial charge on any atom is -0.346 e. The molecule has 2 nitrogen and oxygen atoms in total. The van der Waals surface area contributed by atoms with E-state index in [1.54, 1.807) is 0 Å². The van der Waals surface area contributed by atoms with Crippen LogP contribution in [-0.4, -0.2) is 18.6 Å². The first-order valence-electron chi connectivity index (χ1n) is 3.25. The fraction of sp³-hybridized carbons (Fsp3) is 0. The van der Waals surface area contributed by atoms with E-state index in [0.29, 0.717) is 8.67 Å². The zero-order valence-corrected chi connectivity index (χ0v) is 7.60. The van der Waals surface area contributed by atoms with Gasteiger partial charge in [0.05, 0.1) is 16.5 Å². The van der Waals surface area contributed by atoms with Crippen LogP contribution in [0, 0.1) is 0 Å². The molecule has 1 N–H and O–H groups in total. The molecule has 0 unspecified atom stereocenters. The molecule has 0 saturated heterocycles. The summed E-state index contributed by atoms with van der Waals surface area (Å²) in [5, 5.41) is 0. The van der Waals surface area contributed by atoms with Crippen molar-refractivity contribution in [3.8, 4) is 0 Å². The number of fused-ring (bicyclic) bond motifs is 1. The fourth-order valence-corrected chi connectivity index (χ4v) is 1.68. The molecule has 0 aliphatic heterocycles. The first-order valence-corrected chi connectivity index (χ1v) is 5.54. The number of aromatic nitrogens is 2. The number of hydrogen-bond acceptors (Lipinski definition) is 2. The van der Waals surface area contributed by atoms with Crippen LogP contribution in [0.2, 0.25) is 0 Å². The predicted octanol–water partition coefficient (Wildman–Crippen LogP) is 0.737. The Balaban J connectivity index is 2.69. The topological polar surface area (TPSA) is 28.7 Å². The summed E-state index contributed by atoms with van der Waals surface area (Å²) in [6.45, 7) is 0. The average molecular weight is 178 g/mol. The van der Waals surface area contributed by atoms with Gasteiger partial charge in [-0.05, 0) is 12.1 Å². The van der Waals surface area contributed by atoms with Crippen molar-refractivity contribution in [2.45, 2.75) is 0 Å². The van der Waals surface area contributed by atoms with Gasteiger partial charge < -0.3 is 4.98 Å². The van der Waals surface area contributed by atoms with Crippen molar-refractivity contribution in [1.82, 2.24) is 9.97 Å². The summed E-state index contributed by atoms with van der Waals surface area (Å²) in [7, 11) is 0.441. The molecule has 1 aromatic carbocycles. The molecule has 0 saturated carbocycles. The number of aromatic amines is 1. The second kappa shape index (κ2) is 2.71. The Kier molecular flexibility index (Phi) is 1.71. The van der Waals surface area contributed by atoms with Gasteiger partial charge in [-0.2, -0.15) is 12.1 Å². The Morgan fingerprint density at radius 2 is 2.18 bits per heavy atom. The predicted molar refractivity (Wildman–Crippen MR) is 50.5 cm³/mol. The van der Waals surface area contributed by atoms with Crippen molar-refractivity contribution in [2.75, 3.05) is 0 Å². The number of para-hydroxylation sites is 2. The van der Waals surface area contributed by atoms with Gasteiger partial charge in [-0.1, -0.05) is 12.1 Å². The van der Waals surface area contributed by atoms with Gasteiger partial charge in [0.1, 0.15) is 0 Å². The number of imidazole rings is 1. The molecular weight excluding hydrogens is 172 g/mol. The van der Waals surface area contributed by atoms with E-state index in [1.807, 2.05) is 24.3 Å². The minimum absolute atomic E-state index is 0.441.